The van der Waals surface area contributed by atoms with Crippen molar-refractivity contribution in [1.82, 2.24) is 0 Å². The molecule has 0 amide bonds. The first-order valence-electron chi connectivity index (χ1n) is 5.98. The summed E-state index contributed by atoms with van der Waals surface area (Å²) >= 11 is 3.33. The van der Waals surface area contributed by atoms with Gasteiger partial charge in [0, 0.05) is 0 Å². The van der Waals surface area contributed by atoms with Gasteiger partial charge in [-0.15, -0.1) is 0 Å². The maximum Gasteiger partial charge on any atom is 0.296 e. The molecule has 1 aromatic heterocycles. The fourth-order valence-electron chi connectivity index (χ4n) is 1.70. The second kappa shape index (κ2) is 6.42. The van der Waals surface area contributed by atoms with Crippen molar-refractivity contribution in [3.05, 3.63) is 50.9 Å². The van der Waals surface area contributed by atoms with E-state index in [4.69, 9.17) is 9.15 Å². The van der Waals surface area contributed by atoms with E-state index in [0.717, 1.165) is 4.47 Å². The molecule has 0 aliphatic carbocycles. The number of nitrogens with zero attached hydrogens (tertiary/aromatic N) is 1. The lowest BCUT2D eigenvalue weighted by molar-refractivity contribution is -0.384. The average molecular weight is 341 g/mol. The molecule has 7 heteroatoms. The number of rotatable bonds is 6. The van der Waals surface area contributed by atoms with E-state index in [1.54, 1.807) is 24.5 Å². The Morgan fingerprint density at radius 3 is 2.85 bits per heavy atom. The van der Waals surface area contributed by atoms with Gasteiger partial charge in [-0.3, -0.25) is 10.1 Å². The van der Waals surface area contributed by atoms with Crippen LogP contribution in [-0.4, -0.2) is 11.5 Å². The molecule has 0 atom stereocenters. The highest BCUT2D eigenvalue weighted by Crippen LogP contribution is 2.30. The molecule has 1 aromatic carbocycles. The summed E-state index contributed by atoms with van der Waals surface area (Å²) in [5.41, 5.74) is 0.389. The SMILES string of the molecule is CCOc1ccc(NCc2occc2Br)c([N+](=O)[O-])c1. The maximum absolute atomic E-state index is 11.1. The highest BCUT2D eigenvalue weighted by molar-refractivity contribution is 9.10. The standard InChI is InChI=1S/C13H13BrN2O4/c1-2-19-9-3-4-11(12(7-9)16(17)18)15-8-13-10(14)5-6-20-13/h3-7,15H,2,8H2,1H3. The van der Waals surface area contributed by atoms with Crippen molar-refractivity contribution < 1.29 is 14.1 Å². The number of benzene rings is 1. The van der Waals surface area contributed by atoms with Crippen molar-refractivity contribution in [2.75, 3.05) is 11.9 Å². The van der Waals surface area contributed by atoms with Crippen LogP contribution in [0.5, 0.6) is 5.75 Å². The fourth-order valence-corrected chi connectivity index (χ4v) is 2.04. The Kier molecular flexibility index (Phi) is 4.62. The Morgan fingerprint density at radius 1 is 1.45 bits per heavy atom. The van der Waals surface area contributed by atoms with Gasteiger partial charge in [0.05, 0.1) is 34.9 Å². The number of halogens is 1. The number of ether oxygens (including phenoxy) is 1. The summed E-state index contributed by atoms with van der Waals surface area (Å²) in [4.78, 5) is 10.6. The summed E-state index contributed by atoms with van der Waals surface area (Å²) in [7, 11) is 0. The Morgan fingerprint density at radius 2 is 2.25 bits per heavy atom. The zero-order valence-corrected chi connectivity index (χ0v) is 12.3. The minimum absolute atomic E-state index is 0.0290. The van der Waals surface area contributed by atoms with Crippen molar-refractivity contribution in [3.8, 4) is 5.75 Å². The van der Waals surface area contributed by atoms with E-state index < -0.39 is 4.92 Å². The summed E-state index contributed by atoms with van der Waals surface area (Å²) in [6.07, 6.45) is 1.55. The van der Waals surface area contributed by atoms with E-state index in [-0.39, 0.29) is 5.69 Å². The lowest BCUT2D eigenvalue weighted by Gasteiger charge is -2.08. The zero-order chi connectivity index (χ0) is 14.5. The summed E-state index contributed by atoms with van der Waals surface area (Å²) in [6.45, 7) is 2.64. The molecule has 0 unspecified atom stereocenters. The molecule has 0 fully saturated rings. The van der Waals surface area contributed by atoms with Crippen LogP contribution in [0.15, 0.2) is 39.4 Å². The van der Waals surface area contributed by atoms with Crippen LogP contribution in [-0.2, 0) is 6.54 Å². The lowest BCUT2D eigenvalue weighted by Crippen LogP contribution is -2.03. The van der Waals surface area contributed by atoms with Crippen LogP contribution in [0, 0.1) is 10.1 Å². The van der Waals surface area contributed by atoms with E-state index in [9.17, 15) is 10.1 Å². The molecule has 0 radical (unpaired) electrons. The molecule has 1 heterocycles. The largest absolute Gasteiger partial charge is 0.494 e. The quantitative estimate of drug-likeness (QED) is 0.636. The number of furan rings is 1. The fraction of sp³-hybridized carbons (Fsp3) is 0.231. The van der Waals surface area contributed by atoms with Gasteiger partial charge in [0.25, 0.3) is 5.69 Å². The first-order valence-corrected chi connectivity index (χ1v) is 6.78. The summed E-state index contributed by atoms with van der Waals surface area (Å²) < 4.78 is 11.3. The van der Waals surface area contributed by atoms with E-state index in [0.29, 0.717) is 30.3 Å². The third-order valence-electron chi connectivity index (χ3n) is 2.61. The molecule has 1 N–H and O–H groups in total. The van der Waals surface area contributed by atoms with Gasteiger partial charge in [0.15, 0.2) is 0 Å². The van der Waals surface area contributed by atoms with Crippen LogP contribution >= 0.6 is 15.9 Å². The van der Waals surface area contributed by atoms with Gasteiger partial charge < -0.3 is 14.5 Å². The van der Waals surface area contributed by atoms with Gasteiger partial charge in [-0.2, -0.15) is 0 Å². The second-order valence-electron chi connectivity index (χ2n) is 3.91. The summed E-state index contributed by atoms with van der Waals surface area (Å²) in [5.74, 6) is 1.15. The van der Waals surface area contributed by atoms with Gasteiger partial charge in [-0.25, -0.2) is 0 Å². The Balaban J connectivity index is 2.18. The predicted molar refractivity (Wildman–Crippen MR) is 78.0 cm³/mol. The van der Waals surface area contributed by atoms with Crippen LogP contribution in [0.2, 0.25) is 0 Å². The van der Waals surface area contributed by atoms with E-state index >= 15 is 0 Å². The van der Waals surface area contributed by atoms with Crippen LogP contribution in [0.25, 0.3) is 0 Å². The Labute approximate surface area is 124 Å². The number of anilines is 1. The molecule has 0 saturated carbocycles. The van der Waals surface area contributed by atoms with Gasteiger partial charge in [0.1, 0.15) is 17.2 Å². The van der Waals surface area contributed by atoms with Crippen LogP contribution in [0.3, 0.4) is 0 Å². The molecule has 0 saturated heterocycles. The van der Waals surface area contributed by atoms with Crippen LogP contribution in [0.1, 0.15) is 12.7 Å². The molecular weight excluding hydrogens is 328 g/mol. The second-order valence-corrected chi connectivity index (χ2v) is 4.77. The Bertz CT molecular complexity index is 612. The summed E-state index contributed by atoms with van der Waals surface area (Å²) in [6, 6.07) is 6.49. The van der Waals surface area contributed by atoms with Crippen molar-refractivity contribution in [1.29, 1.82) is 0 Å². The van der Waals surface area contributed by atoms with E-state index in [2.05, 4.69) is 21.2 Å². The van der Waals surface area contributed by atoms with Gasteiger partial charge in [-0.1, -0.05) is 0 Å². The molecule has 6 nitrogen and oxygen atoms in total. The minimum Gasteiger partial charge on any atom is -0.494 e. The normalized spacial score (nSPS) is 10.3. The van der Waals surface area contributed by atoms with Gasteiger partial charge in [0.2, 0.25) is 0 Å². The molecule has 0 aliphatic rings. The molecular formula is C13H13BrN2O4. The highest BCUT2D eigenvalue weighted by atomic mass is 79.9. The van der Waals surface area contributed by atoms with Crippen LogP contribution < -0.4 is 10.1 Å². The number of nitrogens with one attached hydrogen (secondary N) is 1. The average Bonchev–Trinajstić information content (AvgIpc) is 2.83. The Hall–Kier alpha value is -2.02. The third-order valence-corrected chi connectivity index (χ3v) is 3.31. The number of nitro benzene ring substituents is 1. The third kappa shape index (κ3) is 3.30. The lowest BCUT2D eigenvalue weighted by atomic mass is 10.2. The topological polar surface area (TPSA) is 77.5 Å². The minimum atomic E-state index is -0.442. The van der Waals surface area contributed by atoms with Crippen LogP contribution in [0.4, 0.5) is 11.4 Å². The van der Waals surface area contributed by atoms with E-state index in [1.165, 1.54) is 6.07 Å². The first kappa shape index (κ1) is 14.4. The molecule has 0 spiro atoms. The van der Waals surface area contributed by atoms with Gasteiger partial charge in [-0.05, 0) is 41.1 Å². The monoisotopic (exact) mass is 340 g/mol. The molecule has 0 bridgehead atoms. The van der Waals surface area contributed by atoms with Crippen molar-refractivity contribution in [3.63, 3.8) is 0 Å². The summed E-state index contributed by atoms with van der Waals surface area (Å²) in [5, 5.41) is 14.1. The van der Waals surface area contributed by atoms with Crippen molar-refractivity contribution >= 4 is 27.3 Å². The number of nitro groups is 1. The number of hydrogen-bond donors (Lipinski definition) is 1. The zero-order valence-electron chi connectivity index (χ0n) is 10.8. The molecule has 2 rings (SSSR count). The first-order chi connectivity index (χ1) is 9.61. The van der Waals surface area contributed by atoms with E-state index in [1.807, 2.05) is 6.92 Å². The van der Waals surface area contributed by atoms with Gasteiger partial charge >= 0.3 is 0 Å². The molecule has 0 aliphatic heterocycles. The predicted octanol–water partition coefficient (Wildman–Crippen LogP) is 3.96. The molecule has 20 heavy (non-hydrogen) atoms. The highest BCUT2D eigenvalue weighted by Gasteiger charge is 2.15. The molecule has 106 valence electrons. The van der Waals surface area contributed by atoms with Crippen molar-refractivity contribution in [2.24, 2.45) is 0 Å². The molecule has 2 aromatic rings. The van der Waals surface area contributed by atoms with Crippen molar-refractivity contribution in [2.45, 2.75) is 13.5 Å². The number of hydrogen-bond acceptors (Lipinski definition) is 5. The maximum atomic E-state index is 11.1. The smallest absolute Gasteiger partial charge is 0.296 e.